The van der Waals surface area contributed by atoms with Crippen molar-refractivity contribution < 1.29 is 0 Å². The van der Waals surface area contributed by atoms with Crippen molar-refractivity contribution in [1.82, 2.24) is 25.5 Å². The second-order valence-electron chi connectivity index (χ2n) is 6.75. The fraction of sp³-hybridized carbons (Fsp3) is 0.722. The predicted octanol–water partition coefficient (Wildman–Crippen LogP) is 1.20. The van der Waals surface area contributed by atoms with E-state index in [0.29, 0.717) is 5.92 Å². The molecule has 25 heavy (non-hydrogen) atoms. The van der Waals surface area contributed by atoms with Gasteiger partial charge in [0.2, 0.25) is 5.95 Å². The third-order valence-electron chi connectivity index (χ3n) is 4.25. The number of aromatic nitrogens is 2. The van der Waals surface area contributed by atoms with Crippen LogP contribution in [-0.4, -0.2) is 73.2 Å². The number of rotatable bonds is 8. The first kappa shape index (κ1) is 19.4. The van der Waals surface area contributed by atoms with Crippen LogP contribution in [0.5, 0.6) is 0 Å². The Morgan fingerprint density at radius 3 is 2.52 bits per heavy atom. The Hall–Kier alpha value is -1.89. The summed E-state index contributed by atoms with van der Waals surface area (Å²) in [5.41, 5.74) is 0. The Balaban J connectivity index is 1.67. The SMILES string of the molecule is CCNC(=NCCC(C)C)NCCN1CCN(c2ncccn2)CC1. The van der Waals surface area contributed by atoms with Crippen molar-refractivity contribution in [2.24, 2.45) is 10.9 Å². The molecule has 7 heteroatoms. The van der Waals surface area contributed by atoms with E-state index in [0.717, 1.165) is 70.7 Å². The van der Waals surface area contributed by atoms with E-state index in [-0.39, 0.29) is 0 Å². The summed E-state index contributed by atoms with van der Waals surface area (Å²) >= 11 is 0. The molecular weight excluding hydrogens is 314 g/mol. The molecule has 1 aliphatic rings. The minimum absolute atomic E-state index is 0.691. The molecule has 1 saturated heterocycles. The molecular formula is C18H33N7. The van der Waals surface area contributed by atoms with E-state index in [9.17, 15) is 0 Å². The van der Waals surface area contributed by atoms with Gasteiger partial charge in [-0.3, -0.25) is 9.89 Å². The minimum Gasteiger partial charge on any atom is -0.357 e. The molecule has 0 aliphatic carbocycles. The number of hydrogen-bond acceptors (Lipinski definition) is 5. The standard InChI is InChI=1S/C18H33N7/c1-4-19-17(20-9-6-16(2)3)21-10-11-24-12-14-25(15-13-24)18-22-7-5-8-23-18/h5,7-8,16H,4,6,9-15H2,1-3H3,(H2,19,20,21). The number of hydrogen-bond donors (Lipinski definition) is 2. The van der Waals surface area contributed by atoms with Crippen molar-refractivity contribution in [2.75, 3.05) is 57.3 Å². The Labute approximate surface area is 151 Å². The number of nitrogens with zero attached hydrogens (tertiary/aromatic N) is 5. The summed E-state index contributed by atoms with van der Waals surface area (Å²) in [5, 5.41) is 6.76. The highest BCUT2D eigenvalue weighted by molar-refractivity contribution is 5.79. The lowest BCUT2D eigenvalue weighted by molar-refractivity contribution is 0.260. The van der Waals surface area contributed by atoms with Crippen molar-refractivity contribution in [3.8, 4) is 0 Å². The van der Waals surface area contributed by atoms with E-state index in [2.05, 4.69) is 56.2 Å². The van der Waals surface area contributed by atoms with Gasteiger partial charge in [-0.1, -0.05) is 13.8 Å². The fourth-order valence-corrected chi connectivity index (χ4v) is 2.73. The second kappa shape index (κ2) is 10.9. The average molecular weight is 348 g/mol. The first-order valence-electron chi connectivity index (χ1n) is 9.45. The minimum atomic E-state index is 0.691. The number of nitrogens with one attached hydrogen (secondary N) is 2. The Morgan fingerprint density at radius 1 is 1.16 bits per heavy atom. The van der Waals surface area contributed by atoms with Crippen molar-refractivity contribution in [2.45, 2.75) is 27.2 Å². The highest BCUT2D eigenvalue weighted by Gasteiger charge is 2.18. The smallest absolute Gasteiger partial charge is 0.225 e. The summed E-state index contributed by atoms with van der Waals surface area (Å²) in [4.78, 5) is 18.0. The molecule has 0 radical (unpaired) electrons. The quantitative estimate of drug-likeness (QED) is 0.544. The van der Waals surface area contributed by atoms with Crippen molar-refractivity contribution in [1.29, 1.82) is 0 Å². The molecule has 1 aromatic rings. The monoisotopic (exact) mass is 347 g/mol. The van der Waals surface area contributed by atoms with Crippen LogP contribution in [0.1, 0.15) is 27.2 Å². The molecule has 140 valence electrons. The van der Waals surface area contributed by atoms with Gasteiger partial charge in [0.15, 0.2) is 5.96 Å². The maximum Gasteiger partial charge on any atom is 0.225 e. The van der Waals surface area contributed by atoms with Gasteiger partial charge < -0.3 is 15.5 Å². The maximum atomic E-state index is 4.64. The van der Waals surface area contributed by atoms with E-state index in [1.54, 1.807) is 12.4 Å². The normalized spacial score (nSPS) is 16.3. The zero-order valence-electron chi connectivity index (χ0n) is 15.9. The van der Waals surface area contributed by atoms with E-state index < -0.39 is 0 Å². The van der Waals surface area contributed by atoms with Crippen LogP contribution in [0.15, 0.2) is 23.5 Å². The fourth-order valence-electron chi connectivity index (χ4n) is 2.73. The predicted molar refractivity (Wildman–Crippen MR) is 104 cm³/mol. The van der Waals surface area contributed by atoms with Gasteiger partial charge in [-0.25, -0.2) is 9.97 Å². The van der Waals surface area contributed by atoms with Gasteiger partial charge >= 0.3 is 0 Å². The largest absolute Gasteiger partial charge is 0.357 e. The maximum absolute atomic E-state index is 4.64. The molecule has 0 bridgehead atoms. The lowest BCUT2D eigenvalue weighted by Gasteiger charge is -2.34. The molecule has 1 fully saturated rings. The van der Waals surface area contributed by atoms with Gasteiger partial charge in [-0.15, -0.1) is 0 Å². The van der Waals surface area contributed by atoms with Crippen LogP contribution < -0.4 is 15.5 Å². The van der Waals surface area contributed by atoms with Gasteiger partial charge in [0, 0.05) is 64.8 Å². The summed E-state index contributed by atoms with van der Waals surface area (Å²) < 4.78 is 0. The van der Waals surface area contributed by atoms with Crippen molar-refractivity contribution in [3.05, 3.63) is 18.5 Å². The highest BCUT2D eigenvalue weighted by atomic mass is 15.3. The third-order valence-corrected chi connectivity index (χ3v) is 4.25. The van der Waals surface area contributed by atoms with Gasteiger partial charge in [0.25, 0.3) is 0 Å². The van der Waals surface area contributed by atoms with Crippen LogP contribution in [0.25, 0.3) is 0 Å². The number of aliphatic imine (C=N–C) groups is 1. The van der Waals surface area contributed by atoms with E-state index in [4.69, 9.17) is 0 Å². The van der Waals surface area contributed by atoms with E-state index in [1.807, 2.05) is 6.07 Å². The Kier molecular flexibility index (Phi) is 8.45. The lowest BCUT2D eigenvalue weighted by Crippen LogP contribution is -2.49. The van der Waals surface area contributed by atoms with Crippen LogP contribution >= 0.6 is 0 Å². The number of piperazine rings is 1. The number of guanidine groups is 1. The molecule has 0 saturated carbocycles. The molecule has 0 unspecified atom stereocenters. The average Bonchev–Trinajstić information content (AvgIpc) is 2.63. The first-order chi connectivity index (χ1) is 12.2. The molecule has 7 nitrogen and oxygen atoms in total. The number of anilines is 1. The first-order valence-corrected chi connectivity index (χ1v) is 9.45. The van der Waals surface area contributed by atoms with Crippen LogP contribution in [0.3, 0.4) is 0 Å². The highest BCUT2D eigenvalue weighted by Crippen LogP contribution is 2.09. The summed E-state index contributed by atoms with van der Waals surface area (Å²) in [5.74, 6) is 2.46. The second-order valence-corrected chi connectivity index (χ2v) is 6.75. The molecule has 0 amide bonds. The molecule has 1 aliphatic heterocycles. The van der Waals surface area contributed by atoms with Crippen LogP contribution in [0.4, 0.5) is 5.95 Å². The van der Waals surface area contributed by atoms with Crippen molar-refractivity contribution in [3.63, 3.8) is 0 Å². The van der Waals surface area contributed by atoms with Crippen LogP contribution in [0, 0.1) is 5.92 Å². The zero-order valence-corrected chi connectivity index (χ0v) is 15.9. The van der Waals surface area contributed by atoms with Crippen LogP contribution in [-0.2, 0) is 0 Å². The molecule has 0 atom stereocenters. The molecule has 2 N–H and O–H groups in total. The molecule has 2 heterocycles. The zero-order chi connectivity index (χ0) is 17.9. The summed E-state index contributed by atoms with van der Waals surface area (Å²) in [6, 6.07) is 1.86. The van der Waals surface area contributed by atoms with E-state index >= 15 is 0 Å². The van der Waals surface area contributed by atoms with E-state index in [1.165, 1.54) is 0 Å². The van der Waals surface area contributed by atoms with Gasteiger partial charge in [0.1, 0.15) is 0 Å². The Bertz CT molecular complexity index is 495. The van der Waals surface area contributed by atoms with Crippen LogP contribution in [0.2, 0.25) is 0 Å². The third kappa shape index (κ3) is 7.25. The molecule has 2 rings (SSSR count). The Morgan fingerprint density at radius 2 is 1.88 bits per heavy atom. The summed E-state index contributed by atoms with van der Waals surface area (Å²) in [7, 11) is 0. The summed E-state index contributed by atoms with van der Waals surface area (Å²) in [6.45, 7) is 14.3. The summed E-state index contributed by atoms with van der Waals surface area (Å²) in [6.07, 6.45) is 4.74. The van der Waals surface area contributed by atoms with Gasteiger partial charge in [0.05, 0.1) is 0 Å². The molecule has 1 aromatic heterocycles. The topological polar surface area (TPSA) is 68.7 Å². The van der Waals surface area contributed by atoms with Crippen molar-refractivity contribution >= 4 is 11.9 Å². The van der Waals surface area contributed by atoms with Gasteiger partial charge in [-0.05, 0) is 25.3 Å². The van der Waals surface area contributed by atoms with Gasteiger partial charge in [-0.2, -0.15) is 0 Å². The lowest BCUT2D eigenvalue weighted by atomic mass is 10.1. The molecule has 0 aromatic carbocycles. The molecule has 0 spiro atoms.